The fraction of sp³-hybridized carbons (Fsp3) is 0.447. The summed E-state index contributed by atoms with van der Waals surface area (Å²) in [4.78, 5) is 81.7. The number of rotatable bonds is 10. The van der Waals surface area contributed by atoms with E-state index in [9.17, 15) is 39.3 Å². The molecule has 1 heterocycles. The second-order valence-electron chi connectivity index (χ2n) is 17.5. The Balaban J connectivity index is 1.34. The Morgan fingerprint density at radius 3 is 2.21 bits per heavy atom. The molecule has 0 unspecified atom stereocenters. The average molecular weight is 854 g/mol. The maximum atomic E-state index is 15.4. The average Bonchev–Trinajstić information content (AvgIpc) is 3.22. The van der Waals surface area contributed by atoms with E-state index in [0.717, 1.165) is 13.8 Å². The number of hydrogen-bond donors (Lipinski definition) is 4. The van der Waals surface area contributed by atoms with Gasteiger partial charge in [-0.15, -0.1) is 0 Å². The molecule has 3 aromatic rings. The quantitative estimate of drug-likeness (QED) is 0.130. The van der Waals surface area contributed by atoms with E-state index in [2.05, 4.69) is 0 Å². The second kappa shape index (κ2) is 16.2. The summed E-state index contributed by atoms with van der Waals surface area (Å²) in [5, 5.41) is 37.0. The van der Waals surface area contributed by atoms with Crippen molar-refractivity contribution in [3.05, 3.63) is 107 Å². The first-order chi connectivity index (χ1) is 29.2. The molecule has 15 heteroatoms. The summed E-state index contributed by atoms with van der Waals surface area (Å²) in [5.41, 5.74) is 0.117. The number of carbonyl (C=O) groups excluding carboxylic acids is 6. The molecule has 0 aromatic heterocycles. The van der Waals surface area contributed by atoms with Crippen molar-refractivity contribution < 1.29 is 67.8 Å². The van der Waals surface area contributed by atoms with Gasteiger partial charge in [-0.1, -0.05) is 74.5 Å². The van der Waals surface area contributed by atoms with Crippen molar-refractivity contribution in [3.63, 3.8) is 0 Å². The number of Topliss-reactive ketones (excluding diaryl/α,β-unsaturated/α-hetero) is 1. The fourth-order valence-corrected chi connectivity index (χ4v) is 10.4. The van der Waals surface area contributed by atoms with Gasteiger partial charge in [0.2, 0.25) is 5.91 Å². The Labute approximate surface area is 358 Å². The van der Waals surface area contributed by atoms with Crippen LogP contribution in [0.1, 0.15) is 80.7 Å². The van der Waals surface area contributed by atoms with E-state index in [1.807, 2.05) is 0 Å². The lowest BCUT2D eigenvalue weighted by atomic mass is 9.44. The Hall–Kier alpha value is -5.74. The van der Waals surface area contributed by atoms with Gasteiger partial charge in [-0.2, -0.15) is 0 Å². The minimum Gasteiger partial charge on any atom is -0.456 e. The number of benzene rings is 3. The molecule has 15 nitrogen and oxygen atoms in total. The zero-order valence-electron chi connectivity index (χ0n) is 35.3. The molecule has 0 radical (unpaired) electrons. The number of fused-ring (bicyclic) bond motifs is 5. The van der Waals surface area contributed by atoms with Gasteiger partial charge in [0.25, 0.3) is 0 Å². The van der Waals surface area contributed by atoms with Crippen LogP contribution in [0.4, 0.5) is 0 Å². The maximum Gasteiger partial charge on any atom is 0.338 e. The van der Waals surface area contributed by atoms with Gasteiger partial charge in [0, 0.05) is 44.1 Å². The molecule has 4 aliphatic rings. The first-order valence-electron chi connectivity index (χ1n) is 20.4. The smallest absolute Gasteiger partial charge is 0.338 e. The molecular formula is C47H51NO14. The molecule has 10 atom stereocenters. The summed E-state index contributed by atoms with van der Waals surface area (Å²) in [5.74, 6) is -6.67. The number of aliphatic hydroxyl groups is 3. The highest BCUT2D eigenvalue weighted by atomic mass is 16.6. The van der Waals surface area contributed by atoms with Crippen LogP contribution in [-0.4, -0.2) is 105 Å². The minimum atomic E-state index is -2.35. The van der Waals surface area contributed by atoms with Gasteiger partial charge < -0.3 is 44.7 Å². The third kappa shape index (κ3) is 7.20. The molecule has 0 spiro atoms. The van der Waals surface area contributed by atoms with Crippen molar-refractivity contribution in [2.24, 2.45) is 22.5 Å². The Morgan fingerprint density at radius 2 is 1.58 bits per heavy atom. The molecule has 1 saturated heterocycles. The number of ether oxygens (including phenoxy) is 5. The number of aliphatic hydroxyl groups excluding tert-OH is 2. The highest BCUT2D eigenvalue weighted by Gasteiger charge is 2.78. The molecule has 2 saturated carbocycles. The number of nitrogens with two attached hydrogens (primary N) is 1. The second-order valence-corrected chi connectivity index (χ2v) is 17.5. The number of hydrogen-bond acceptors (Lipinski definition) is 14. The Morgan fingerprint density at radius 1 is 0.903 bits per heavy atom. The fourth-order valence-electron chi connectivity index (χ4n) is 10.4. The van der Waals surface area contributed by atoms with E-state index < -0.39 is 107 Å². The van der Waals surface area contributed by atoms with Crippen LogP contribution < -0.4 is 5.73 Å². The predicted octanol–water partition coefficient (Wildman–Crippen LogP) is 3.57. The summed E-state index contributed by atoms with van der Waals surface area (Å²) in [6.07, 6.45) is -10.2. The van der Waals surface area contributed by atoms with Crippen LogP contribution >= 0.6 is 0 Å². The SMILES string of the molecule is CC(=O)O[C@H]1C(=O)[C@@]2(C)[C@H]([C@H](OC(=O)c3ccccc3)[C@]3(O)C[C@H](OC(=O)[C@H](O)Cc4cccc(-c5ccccc5C(N)=O)c4)C(C)=C1C3(C)C)[C@]1(OC(C)=O)CO[C@@H]1C[C@@H]2O. The standard InChI is InChI=1S/C47H51NO14/c1-24-33(60-43(56)32(51)20-27-13-12-16-29(19-27)30-17-10-11-18-31(30)41(48)54)22-47(57)40(61-42(55)28-14-8-7-9-15-28)38-45(6,34(52)21-35-46(38,23-58-35)62-26(3)50)39(53)37(59-25(2)49)36(24)44(47,4)5/h7-19,32-35,37-38,40,51-52,57H,20-23H2,1-6H3,(H2,48,54)/t32-,33+,34+,35-,37-,38+,40+,45-,46+,47-/m1/s1. The summed E-state index contributed by atoms with van der Waals surface area (Å²) in [7, 11) is 0. The van der Waals surface area contributed by atoms with Crippen molar-refractivity contribution in [2.45, 2.75) is 109 Å². The third-order valence-corrected chi connectivity index (χ3v) is 13.6. The largest absolute Gasteiger partial charge is 0.456 e. The predicted molar refractivity (Wildman–Crippen MR) is 219 cm³/mol. The lowest BCUT2D eigenvalue weighted by Crippen LogP contribution is -2.82. The molecule has 3 aromatic carbocycles. The molecule has 7 rings (SSSR count). The lowest BCUT2D eigenvalue weighted by Gasteiger charge is -2.67. The van der Waals surface area contributed by atoms with Gasteiger partial charge in [-0.05, 0) is 59.9 Å². The van der Waals surface area contributed by atoms with Crippen molar-refractivity contribution in [2.75, 3.05) is 6.61 Å². The molecule has 2 bridgehead atoms. The zero-order valence-corrected chi connectivity index (χ0v) is 35.3. The number of esters is 4. The van der Waals surface area contributed by atoms with E-state index in [1.165, 1.54) is 19.1 Å². The van der Waals surface area contributed by atoms with Crippen LogP contribution in [0, 0.1) is 16.7 Å². The summed E-state index contributed by atoms with van der Waals surface area (Å²) < 4.78 is 30.2. The van der Waals surface area contributed by atoms with Crippen LogP contribution in [0.2, 0.25) is 0 Å². The van der Waals surface area contributed by atoms with E-state index in [4.69, 9.17) is 29.4 Å². The van der Waals surface area contributed by atoms with Gasteiger partial charge >= 0.3 is 23.9 Å². The molecular weight excluding hydrogens is 803 g/mol. The number of ketones is 1. The molecule has 62 heavy (non-hydrogen) atoms. The topological polar surface area (TPSA) is 235 Å². The summed E-state index contributed by atoms with van der Waals surface area (Å²) in [6.45, 7) is 8.06. The van der Waals surface area contributed by atoms with Gasteiger partial charge in [0.15, 0.2) is 23.6 Å². The third-order valence-electron chi connectivity index (χ3n) is 13.6. The van der Waals surface area contributed by atoms with E-state index in [-0.39, 0.29) is 41.7 Å². The first kappa shape index (κ1) is 44.3. The molecule has 1 aliphatic heterocycles. The van der Waals surface area contributed by atoms with Gasteiger partial charge in [-0.3, -0.25) is 19.2 Å². The van der Waals surface area contributed by atoms with Crippen LogP contribution in [0.5, 0.6) is 0 Å². The van der Waals surface area contributed by atoms with Gasteiger partial charge in [0.1, 0.15) is 23.9 Å². The van der Waals surface area contributed by atoms with E-state index >= 15 is 4.79 Å². The van der Waals surface area contributed by atoms with Crippen molar-refractivity contribution in [3.8, 4) is 11.1 Å². The van der Waals surface area contributed by atoms with Gasteiger partial charge in [0.05, 0.1) is 29.6 Å². The van der Waals surface area contributed by atoms with Crippen LogP contribution in [-0.2, 0) is 49.3 Å². The van der Waals surface area contributed by atoms with Crippen LogP contribution in [0.25, 0.3) is 11.1 Å². The number of amides is 1. The van der Waals surface area contributed by atoms with Crippen LogP contribution in [0.15, 0.2) is 90.0 Å². The highest BCUT2D eigenvalue weighted by Crippen LogP contribution is 2.64. The molecule has 3 aliphatic carbocycles. The number of primary amides is 1. The summed E-state index contributed by atoms with van der Waals surface area (Å²) >= 11 is 0. The Bertz CT molecular complexity index is 2360. The maximum absolute atomic E-state index is 15.4. The van der Waals surface area contributed by atoms with Crippen molar-refractivity contribution in [1.82, 2.24) is 0 Å². The lowest BCUT2D eigenvalue weighted by molar-refractivity contribution is -0.346. The molecule has 5 N–H and O–H groups in total. The summed E-state index contributed by atoms with van der Waals surface area (Å²) in [6, 6.07) is 21.4. The zero-order chi connectivity index (χ0) is 45.1. The van der Waals surface area contributed by atoms with E-state index in [1.54, 1.807) is 87.5 Å². The highest BCUT2D eigenvalue weighted by molar-refractivity contribution is 6.00. The van der Waals surface area contributed by atoms with Crippen molar-refractivity contribution >= 4 is 35.6 Å². The number of carbonyl (C=O) groups is 6. The normalized spacial score (nSPS) is 31.4. The molecule has 1 amide bonds. The van der Waals surface area contributed by atoms with Crippen LogP contribution in [0.3, 0.4) is 0 Å². The molecule has 328 valence electrons. The first-order valence-corrected chi connectivity index (χ1v) is 20.4. The van der Waals surface area contributed by atoms with Crippen molar-refractivity contribution in [1.29, 1.82) is 0 Å². The minimum absolute atomic E-state index is 0.0284. The Kier molecular flexibility index (Phi) is 11.6. The molecule has 3 fully saturated rings. The van der Waals surface area contributed by atoms with E-state index in [0.29, 0.717) is 16.7 Å². The monoisotopic (exact) mass is 853 g/mol. The van der Waals surface area contributed by atoms with Gasteiger partial charge in [-0.25, -0.2) is 9.59 Å².